The average Bonchev–Trinajstić information content (AvgIpc) is 2.51. The SMILES string of the molecule is COC(=O)C(CNc1cc(F)ccc1C)c1ccccc1. The standard InChI is InChI=1S/C17H18FNO2/c1-12-8-9-14(18)10-16(12)19-11-15(17(20)21-2)13-6-4-3-5-7-13/h3-10,15,19H,11H2,1-2H3. The Kier molecular flexibility index (Phi) is 4.93. The molecule has 0 bridgehead atoms. The number of aryl methyl sites for hydroxylation is 1. The van der Waals surface area contributed by atoms with Crippen molar-refractivity contribution in [3.05, 3.63) is 65.5 Å². The van der Waals surface area contributed by atoms with E-state index < -0.39 is 5.92 Å². The molecule has 0 aromatic heterocycles. The Bertz CT molecular complexity index is 613. The molecule has 2 aromatic rings. The summed E-state index contributed by atoms with van der Waals surface area (Å²) in [5.74, 6) is -1.06. The fourth-order valence-electron chi connectivity index (χ4n) is 2.16. The van der Waals surface area contributed by atoms with Crippen molar-refractivity contribution < 1.29 is 13.9 Å². The van der Waals surface area contributed by atoms with Gasteiger partial charge in [0.15, 0.2) is 0 Å². The largest absolute Gasteiger partial charge is 0.468 e. The second-order valence-corrected chi connectivity index (χ2v) is 4.83. The summed E-state index contributed by atoms with van der Waals surface area (Å²) in [4.78, 5) is 11.9. The van der Waals surface area contributed by atoms with Gasteiger partial charge in [-0.25, -0.2) is 4.39 Å². The number of carbonyl (C=O) groups is 1. The van der Waals surface area contributed by atoms with Crippen LogP contribution in [0.5, 0.6) is 0 Å². The normalized spacial score (nSPS) is 11.8. The van der Waals surface area contributed by atoms with Gasteiger partial charge in [-0.3, -0.25) is 4.79 Å². The van der Waals surface area contributed by atoms with E-state index in [1.54, 1.807) is 6.07 Å². The van der Waals surface area contributed by atoms with Gasteiger partial charge in [0.2, 0.25) is 0 Å². The molecule has 0 aliphatic heterocycles. The van der Waals surface area contributed by atoms with Crippen LogP contribution < -0.4 is 5.32 Å². The van der Waals surface area contributed by atoms with E-state index in [0.717, 1.165) is 11.1 Å². The summed E-state index contributed by atoms with van der Waals surface area (Å²) in [6.07, 6.45) is 0. The molecule has 0 aliphatic rings. The van der Waals surface area contributed by atoms with E-state index in [4.69, 9.17) is 4.74 Å². The van der Waals surface area contributed by atoms with Crippen molar-refractivity contribution in [3.8, 4) is 0 Å². The molecule has 0 fully saturated rings. The van der Waals surface area contributed by atoms with Gasteiger partial charge in [0.05, 0.1) is 13.0 Å². The predicted octanol–water partition coefficient (Wildman–Crippen LogP) is 3.50. The second kappa shape index (κ2) is 6.88. The molecular formula is C17H18FNO2. The highest BCUT2D eigenvalue weighted by Gasteiger charge is 2.21. The molecule has 0 saturated carbocycles. The lowest BCUT2D eigenvalue weighted by molar-refractivity contribution is -0.142. The summed E-state index contributed by atoms with van der Waals surface area (Å²) >= 11 is 0. The van der Waals surface area contributed by atoms with Crippen LogP contribution in [0.4, 0.5) is 10.1 Å². The fourth-order valence-corrected chi connectivity index (χ4v) is 2.16. The molecule has 4 heteroatoms. The molecule has 0 radical (unpaired) electrons. The smallest absolute Gasteiger partial charge is 0.314 e. The van der Waals surface area contributed by atoms with E-state index in [-0.39, 0.29) is 11.8 Å². The number of nitrogens with one attached hydrogen (secondary N) is 1. The third kappa shape index (κ3) is 3.81. The minimum absolute atomic E-state index is 0.308. The van der Waals surface area contributed by atoms with Gasteiger partial charge < -0.3 is 10.1 Å². The third-order valence-electron chi connectivity index (χ3n) is 3.38. The minimum Gasteiger partial charge on any atom is -0.468 e. The Morgan fingerprint density at radius 3 is 2.62 bits per heavy atom. The summed E-state index contributed by atoms with van der Waals surface area (Å²) in [5, 5.41) is 3.13. The zero-order valence-corrected chi connectivity index (χ0v) is 12.1. The molecule has 1 atom stereocenters. The van der Waals surface area contributed by atoms with Gasteiger partial charge in [0.1, 0.15) is 5.82 Å². The summed E-state index contributed by atoms with van der Waals surface area (Å²) in [6.45, 7) is 2.23. The number of benzene rings is 2. The first-order valence-corrected chi connectivity index (χ1v) is 6.74. The Balaban J connectivity index is 2.16. The van der Waals surface area contributed by atoms with E-state index in [1.807, 2.05) is 37.3 Å². The minimum atomic E-state index is -0.432. The summed E-state index contributed by atoms with van der Waals surface area (Å²) in [6, 6.07) is 13.9. The van der Waals surface area contributed by atoms with Crippen LogP contribution in [0, 0.1) is 12.7 Å². The highest BCUT2D eigenvalue weighted by atomic mass is 19.1. The topological polar surface area (TPSA) is 38.3 Å². The molecule has 0 heterocycles. The number of rotatable bonds is 5. The van der Waals surface area contributed by atoms with Gasteiger partial charge >= 0.3 is 5.97 Å². The van der Waals surface area contributed by atoms with Crippen LogP contribution in [0.1, 0.15) is 17.0 Å². The average molecular weight is 287 g/mol. The lowest BCUT2D eigenvalue weighted by Gasteiger charge is -2.17. The maximum Gasteiger partial charge on any atom is 0.314 e. The number of methoxy groups -OCH3 is 1. The van der Waals surface area contributed by atoms with Crippen molar-refractivity contribution in [2.45, 2.75) is 12.8 Å². The highest BCUT2D eigenvalue weighted by molar-refractivity contribution is 5.79. The van der Waals surface area contributed by atoms with Crippen LogP contribution in [0.3, 0.4) is 0 Å². The second-order valence-electron chi connectivity index (χ2n) is 4.83. The fraction of sp³-hybridized carbons (Fsp3) is 0.235. The van der Waals surface area contributed by atoms with Gasteiger partial charge in [-0.1, -0.05) is 36.4 Å². The van der Waals surface area contributed by atoms with Crippen molar-refractivity contribution in [3.63, 3.8) is 0 Å². The number of anilines is 1. The molecule has 110 valence electrons. The van der Waals surface area contributed by atoms with E-state index in [1.165, 1.54) is 19.2 Å². The monoisotopic (exact) mass is 287 g/mol. The number of carbonyl (C=O) groups excluding carboxylic acids is 1. The van der Waals surface area contributed by atoms with Gasteiger partial charge in [-0.05, 0) is 30.2 Å². The van der Waals surface area contributed by atoms with Crippen molar-refractivity contribution in [2.24, 2.45) is 0 Å². The molecule has 0 amide bonds. The lowest BCUT2D eigenvalue weighted by atomic mass is 9.99. The molecule has 0 spiro atoms. The number of ether oxygens (including phenoxy) is 1. The Morgan fingerprint density at radius 2 is 1.95 bits per heavy atom. The first-order chi connectivity index (χ1) is 10.1. The molecular weight excluding hydrogens is 269 g/mol. The molecule has 2 aromatic carbocycles. The van der Waals surface area contributed by atoms with Crippen molar-refractivity contribution >= 4 is 11.7 Å². The number of hydrogen-bond acceptors (Lipinski definition) is 3. The van der Waals surface area contributed by atoms with Crippen LogP contribution in [0.2, 0.25) is 0 Å². The first kappa shape index (κ1) is 15.0. The first-order valence-electron chi connectivity index (χ1n) is 6.74. The molecule has 2 rings (SSSR count). The molecule has 0 saturated heterocycles. The lowest BCUT2D eigenvalue weighted by Crippen LogP contribution is -2.22. The highest BCUT2D eigenvalue weighted by Crippen LogP contribution is 2.21. The molecule has 3 nitrogen and oxygen atoms in total. The zero-order valence-electron chi connectivity index (χ0n) is 12.1. The number of hydrogen-bond donors (Lipinski definition) is 1. The number of esters is 1. The predicted molar refractivity (Wildman–Crippen MR) is 80.8 cm³/mol. The van der Waals surface area contributed by atoms with Gasteiger partial charge in [-0.15, -0.1) is 0 Å². The quantitative estimate of drug-likeness (QED) is 0.855. The van der Waals surface area contributed by atoms with Crippen LogP contribution in [0.15, 0.2) is 48.5 Å². The van der Waals surface area contributed by atoms with Crippen LogP contribution in [-0.2, 0) is 9.53 Å². The Morgan fingerprint density at radius 1 is 1.24 bits per heavy atom. The molecule has 1 unspecified atom stereocenters. The van der Waals surface area contributed by atoms with Crippen LogP contribution in [-0.4, -0.2) is 19.6 Å². The molecule has 21 heavy (non-hydrogen) atoms. The van der Waals surface area contributed by atoms with Crippen molar-refractivity contribution in [1.82, 2.24) is 0 Å². The molecule has 1 N–H and O–H groups in total. The van der Waals surface area contributed by atoms with Gasteiger partial charge in [0.25, 0.3) is 0 Å². The van der Waals surface area contributed by atoms with E-state index in [0.29, 0.717) is 12.2 Å². The van der Waals surface area contributed by atoms with Crippen molar-refractivity contribution in [2.75, 3.05) is 19.0 Å². The van der Waals surface area contributed by atoms with E-state index in [9.17, 15) is 9.18 Å². The summed E-state index contributed by atoms with van der Waals surface area (Å²) < 4.78 is 18.1. The summed E-state index contributed by atoms with van der Waals surface area (Å²) in [5.41, 5.74) is 2.47. The van der Waals surface area contributed by atoms with Crippen molar-refractivity contribution in [1.29, 1.82) is 0 Å². The van der Waals surface area contributed by atoms with Crippen LogP contribution in [0.25, 0.3) is 0 Å². The Labute approximate surface area is 123 Å². The van der Waals surface area contributed by atoms with E-state index >= 15 is 0 Å². The Hall–Kier alpha value is -2.36. The van der Waals surface area contributed by atoms with Crippen LogP contribution >= 0.6 is 0 Å². The van der Waals surface area contributed by atoms with E-state index in [2.05, 4.69) is 5.32 Å². The molecule has 0 aliphatic carbocycles. The van der Waals surface area contributed by atoms with Gasteiger partial charge in [0, 0.05) is 12.2 Å². The number of halogens is 1. The summed E-state index contributed by atoms with van der Waals surface area (Å²) in [7, 11) is 1.37. The zero-order chi connectivity index (χ0) is 15.2. The third-order valence-corrected chi connectivity index (χ3v) is 3.38. The maximum absolute atomic E-state index is 13.3. The maximum atomic E-state index is 13.3. The van der Waals surface area contributed by atoms with Gasteiger partial charge in [-0.2, -0.15) is 0 Å².